The summed E-state index contributed by atoms with van der Waals surface area (Å²) in [4.78, 5) is 33.5. The molecule has 1 atom stereocenters. The van der Waals surface area contributed by atoms with Crippen LogP contribution in [0.4, 0.5) is 11.6 Å². The lowest BCUT2D eigenvalue weighted by Crippen LogP contribution is -2.30. The van der Waals surface area contributed by atoms with Crippen LogP contribution in [-0.4, -0.2) is 22.9 Å². The quantitative estimate of drug-likeness (QED) is 0.486. The molecule has 0 aliphatic rings. The molecule has 0 bridgehead atoms. The minimum atomic E-state index is -1.20. The van der Waals surface area contributed by atoms with Gasteiger partial charge in [-0.25, -0.2) is 4.79 Å². The largest absolute Gasteiger partial charge is 0.447 e. The summed E-state index contributed by atoms with van der Waals surface area (Å²) >= 11 is 11.8. The number of furan rings is 1. The standard InChI is InChI=1S/C14H10Cl2N2O6/c1-7(13(19)17-9-4-2-3-8(15)12(9)16)23-14(20)10-5-6-11(24-10)18(21)22/h2-7H,1H3,(H,17,19). The number of carbonyl (C=O) groups excluding carboxylic acids is 2. The Morgan fingerprint density at radius 3 is 2.62 bits per heavy atom. The van der Waals surface area contributed by atoms with Crippen LogP contribution in [0, 0.1) is 10.1 Å². The van der Waals surface area contributed by atoms with Crippen LogP contribution in [0.3, 0.4) is 0 Å². The zero-order valence-electron chi connectivity index (χ0n) is 12.1. The second kappa shape index (κ2) is 7.33. The monoisotopic (exact) mass is 372 g/mol. The highest BCUT2D eigenvalue weighted by atomic mass is 35.5. The van der Waals surface area contributed by atoms with Gasteiger partial charge >= 0.3 is 11.9 Å². The third-order valence-corrected chi connectivity index (χ3v) is 3.65. The number of nitrogens with one attached hydrogen (secondary N) is 1. The molecule has 1 unspecified atom stereocenters. The Bertz CT molecular complexity index is 804. The topological polar surface area (TPSA) is 112 Å². The maximum Gasteiger partial charge on any atom is 0.433 e. The van der Waals surface area contributed by atoms with E-state index in [0.29, 0.717) is 0 Å². The van der Waals surface area contributed by atoms with Crippen LogP contribution in [0.5, 0.6) is 0 Å². The second-order valence-corrected chi connectivity index (χ2v) is 5.32. The van der Waals surface area contributed by atoms with Gasteiger partial charge in [0.15, 0.2) is 6.10 Å². The van der Waals surface area contributed by atoms with Gasteiger partial charge in [-0.2, -0.15) is 0 Å². The fraction of sp³-hybridized carbons (Fsp3) is 0.143. The van der Waals surface area contributed by atoms with Gasteiger partial charge in [0, 0.05) is 0 Å². The zero-order valence-corrected chi connectivity index (χ0v) is 13.6. The van der Waals surface area contributed by atoms with Crippen molar-refractivity contribution in [2.45, 2.75) is 13.0 Å². The van der Waals surface area contributed by atoms with Gasteiger partial charge in [-0.3, -0.25) is 14.9 Å². The Balaban J connectivity index is 2.01. The molecule has 10 heteroatoms. The van der Waals surface area contributed by atoms with E-state index in [0.717, 1.165) is 12.1 Å². The summed E-state index contributed by atoms with van der Waals surface area (Å²) in [6.45, 7) is 1.32. The van der Waals surface area contributed by atoms with Crippen molar-refractivity contribution in [2.75, 3.05) is 5.32 Å². The summed E-state index contributed by atoms with van der Waals surface area (Å²) in [5.41, 5.74) is 0.255. The highest BCUT2D eigenvalue weighted by molar-refractivity contribution is 6.44. The number of nitrogens with zero attached hydrogens (tertiary/aromatic N) is 1. The van der Waals surface area contributed by atoms with E-state index < -0.39 is 28.8 Å². The SMILES string of the molecule is CC(OC(=O)c1ccc([N+](=O)[O-])o1)C(=O)Nc1cccc(Cl)c1Cl. The maximum absolute atomic E-state index is 12.0. The Morgan fingerprint density at radius 1 is 1.29 bits per heavy atom. The molecule has 2 aromatic rings. The Labute approximate surface area is 145 Å². The molecule has 8 nitrogen and oxygen atoms in total. The van der Waals surface area contributed by atoms with E-state index in [9.17, 15) is 19.7 Å². The third-order valence-electron chi connectivity index (χ3n) is 2.84. The van der Waals surface area contributed by atoms with Gasteiger partial charge in [0.1, 0.15) is 4.92 Å². The molecule has 1 aromatic heterocycles. The molecule has 126 valence electrons. The number of ether oxygens (including phenoxy) is 1. The van der Waals surface area contributed by atoms with E-state index in [1.165, 1.54) is 13.0 Å². The van der Waals surface area contributed by atoms with E-state index in [2.05, 4.69) is 5.32 Å². The molecule has 1 N–H and O–H groups in total. The molecule has 0 saturated carbocycles. The van der Waals surface area contributed by atoms with Crippen LogP contribution in [0.15, 0.2) is 34.7 Å². The lowest BCUT2D eigenvalue weighted by Gasteiger charge is -2.13. The average Bonchev–Trinajstić information content (AvgIpc) is 3.02. The third kappa shape index (κ3) is 4.03. The molecule has 0 radical (unpaired) electrons. The molecule has 1 heterocycles. The van der Waals surface area contributed by atoms with Crippen molar-refractivity contribution >= 4 is 46.6 Å². The number of carbonyl (C=O) groups is 2. The minimum absolute atomic E-state index is 0.146. The van der Waals surface area contributed by atoms with Gasteiger partial charge in [-0.15, -0.1) is 0 Å². The van der Waals surface area contributed by atoms with Gasteiger partial charge in [-0.1, -0.05) is 29.3 Å². The molecule has 0 fully saturated rings. The summed E-state index contributed by atoms with van der Waals surface area (Å²) in [7, 11) is 0. The fourth-order valence-corrected chi connectivity index (χ4v) is 1.99. The molecule has 0 aliphatic carbocycles. The number of amides is 1. The van der Waals surface area contributed by atoms with Gasteiger partial charge in [-0.05, 0) is 25.1 Å². The lowest BCUT2D eigenvalue weighted by atomic mass is 10.3. The lowest BCUT2D eigenvalue weighted by molar-refractivity contribution is -0.402. The van der Waals surface area contributed by atoms with Gasteiger partial charge in [0.2, 0.25) is 5.76 Å². The van der Waals surface area contributed by atoms with E-state index in [-0.39, 0.29) is 21.5 Å². The summed E-state index contributed by atoms with van der Waals surface area (Å²) in [6, 6.07) is 6.75. The van der Waals surface area contributed by atoms with Crippen molar-refractivity contribution in [3.8, 4) is 0 Å². The predicted octanol–water partition coefficient (Wildman–Crippen LogP) is 3.68. The van der Waals surface area contributed by atoms with Crippen LogP contribution in [-0.2, 0) is 9.53 Å². The second-order valence-electron chi connectivity index (χ2n) is 4.53. The van der Waals surface area contributed by atoms with Crippen LogP contribution in [0.25, 0.3) is 0 Å². The molecule has 2 rings (SSSR count). The molecule has 1 amide bonds. The first kappa shape index (κ1) is 17.8. The average molecular weight is 373 g/mol. The molecule has 0 aliphatic heterocycles. The number of benzene rings is 1. The molecule has 24 heavy (non-hydrogen) atoms. The van der Waals surface area contributed by atoms with Crippen LogP contribution < -0.4 is 5.32 Å². The van der Waals surface area contributed by atoms with E-state index >= 15 is 0 Å². The van der Waals surface area contributed by atoms with Crippen molar-refractivity contribution < 1.29 is 23.7 Å². The van der Waals surface area contributed by atoms with Crippen molar-refractivity contribution in [2.24, 2.45) is 0 Å². The fourth-order valence-electron chi connectivity index (χ4n) is 1.64. The highest BCUT2D eigenvalue weighted by Crippen LogP contribution is 2.29. The maximum atomic E-state index is 12.0. The number of esters is 1. The smallest absolute Gasteiger partial charge is 0.433 e. The normalized spacial score (nSPS) is 11.6. The summed E-state index contributed by atoms with van der Waals surface area (Å²) in [5, 5.41) is 13.4. The van der Waals surface area contributed by atoms with Gasteiger partial charge in [0.25, 0.3) is 5.91 Å². The molecule has 0 spiro atoms. The van der Waals surface area contributed by atoms with Crippen LogP contribution >= 0.6 is 23.2 Å². The molecular weight excluding hydrogens is 363 g/mol. The number of nitro groups is 1. The molecular formula is C14H10Cl2N2O6. The Hall–Kier alpha value is -2.58. The predicted molar refractivity (Wildman–Crippen MR) is 85.3 cm³/mol. The molecule has 1 aromatic carbocycles. The van der Waals surface area contributed by atoms with Crippen LogP contribution in [0.1, 0.15) is 17.5 Å². The first-order chi connectivity index (χ1) is 11.3. The van der Waals surface area contributed by atoms with Gasteiger partial charge in [0.05, 0.1) is 21.8 Å². The van der Waals surface area contributed by atoms with Crippen LogP contribution in [0.2, 0.25) is 10.0 Å². The van der Waals surface area contributed by atoms with Gasteiger partial charge < -0.3 is 14.5 Å². The Kier molecular flexibility index (Phi) is 5.42. The molecule has 0 saturated heterocycles. The summed E-state index contributed by atoms with van der Waals surface area (Å²) in [5.74, 6) is -2.66. The zero-order chi connectivity index (χ0) is 17.9. The van der Waals surface area contributed by atoms with Crippen molar-refractivity contribution in [1.29, 1.82) is 0 Å². The van der Waals surface area contributed by atoms with E-state index in [1.54, 1.807) is 12.1 Å². The first-order valence-corrected chi connectivity index (χ1v) is 7.25. The van der Waals surface area contributed by atoms with E-state index in [4.69, 9.17) is 32.4 Å². The summed E-state index contributed by atoms with van der Waals surface area (Å²) < 4.78 is 9.59. The number of anilines is 1. The first-order valence-electron chi connectivity index (χ1n) is 6.49. The number of halogens is 2. The van der Waals surface area contributed by atoms with Crippen molar-refractivity contribution in [1.82, 2.24) is 0 Å². The number of hydrogen-bond donors (Lipinski definition) is 1. The number of hydrogen-bond acceptors (Lipinski definition) is 6. The van der Waals surface area contributed by atoms with Crippen molar-refractivity contribution in [3.05, 3.63) is 56.3 Å². The number of rotatable bonds is 5. The highest BCUT2D eigenvalue weighted by Gasteiger charge is 2.24. The minimum Gasteiger partial charge on any atom is -0.447 e. The van der Waals surface area contributed by atoms with E-state index in [1.807, 2.05) is 0 Å². The summed E-state index contributed by atoms with van der Waals surface area (Å²) in [6.07, 6.45) is -1.20. The Morgan fingerprint density at radius 2 is 2.00 bits per heavy atom. The van der Waals surface area contributed by atoms with Crippen molar-refractivity contribution in [3.63, 3.8) is 0 Å².